The van der Waals surface area contributed by atoms with Crippen molar-refractivity contribution >= 4 is 35.6 Å². The highest BCUT2D eigenvalue weighted by Crippen LogP contribution is 2.11. The Labute approximate surface area is 209 Å². The van der Waals surface area contributed by atoms with E-state index in [0.717, 1.165) is 0 Å². The molecule has 0 aromatic rings. The van der Waals surface area contributed by atoms with Crippen LogP contribution in [0.2, 0.25) is 0 Å². The van der Waals surface area contributed by atoms with Crippen LogP contribution in [0.25, 0.3) is 0 Å². The number of aliphatic hydroxyl groups excluding tert-OH is 1. The lowest BCUT2D eigenvalue weighted by molar-refractivity contribution is -0.143. The highest BCUT2D eigenvalue weighted by atomic mass is 16.4. The molecule has 0 radical (unpaired) electrons. The highest BCUT2D eigenvalue weighted by molar-refractivity contribution is 5.94. The largest absolute Gasteiger partial charge is 0.480 e. The smallest absolute Gasteiger partial charge is 0.326 e. The topological polar surface area (TPSA) is 278 Å². The average molecular weight is 517 g/mol. The first-order valence-electron chi connectivity index (χ1n) is 11.6. The van der Waals surface area contributed by atoms with Crippen molar-refractivity contribution in [1.82, 2.24) is 16.0 Å². The van der Waals surface area contributed by atoms with Crippen molar-refractivity contribution in [3.05, 3.63) is 0 Å². The number of nitrogens with one attached hydrogen (secondary N) is 3. The van der Waals surface area contributed by atoms with Crippen LogP contribution in [0.5, 0.6) is 0 Å². The second-order valence-electron chi connectivity index (χ2n) is 8.55. The van der Waals surface area contributed by atoms with Crippen molar-refractivity contribution in [2.45, 2.75) is 83.1 Å². The quantitative estimate of drug-likeness (QED) is 0.0524. The fourth-order valence-electron chi connectivity index (χ4n) is 3.02. The molecular weight excluding hydrogens is 476 g/mol. The fourth-order valence-corrected chi connectivity index (χ4v) is 3.02. The molecule has 206 valence electrons. The number of primary amides is 1. The number of rotatable bonds is 17. The van der Waals surface area contributed by atoms with E-state index in [0.29, 0.717) is 6.42 Å². The molecule has 0 bridgehead atoms. The zero-order valence-corrected chi connectivity index (χ0v) is 20.9. The van der Waals surface area contributed by atoms with Crippen molar-refractivity contribution in [3.8, 4) is 0 Å². The lowest BCUT2D eigenvalue weighted by Crippen LogP contribution is -2.59. The van der Waals surface area contributed by atoms with E-state index in [4.69, 9.17) is 22.9 Å². The fraction of sp³-hybridized carbons (Fsp3) is 0.714. The van der Waals surface area contributed by atoms with Gasteiger partial charge in [0, 0.05) is 13.0 Å². The Kier molecular flexibility index (Phi) is 14.7. The van der Waals surface area contributed by atoms with Gasteiger partial charge in [-0.2, -0.15) is 0 Å². The van der Waals surface area contributed by atoms with Gasteiger partial charge in [0.05, 0.1) is 6.10 Å². The number of hydrogen-bond acceptors (Lipinski definition) is 8. The van der Waals surface area contributed by atoms with E-state index in [1.165, 1.54) is 6.92 Å². The number of amides is 4. The molecule has 0 aliphatic rings. The van der Waals surface area contributed by atoms with E-state index in [9.17, 15) is 34.2 Å². The number of nitrogens with two attached hydrogens (primary N) is 4. The number of nitrogens with zero attached hydrogens (tertiary/aromatic N) is 1. The van der Waals surface area contributed by atoms with Crippen molar-refractivity contribution in [2.24, 2.45) is 33.8 Å². The molecule has 13 N–H and O–H groups in total. The molecule has 0 saturated carbocycles. The van der Waals surface area contributed by atoms with Crippen LogP contribution in [0.4, 0.5) is 0 Å². The second kappa shape index (κ2) is 16.3. The van der Waals surface area contributed by atoms with Crippen LogP contribution < -0.4 is 38.9 Å². The number of hydrogen-bond donors (Lipinski definition) is 9. The Morgan fingerprint density at radius 1 is 0.889 bits per heavy atom. The molecule has 15 heteroatoms. The number of guanidine groups is 1. The average Bonchev–Trinajstić information content (AvgIpc) is 2.79. The van der Waals surface area contributed by atoms with Gasteiger partial charge in [0.15, 0.2) is 5.96 Å². The maximum Gasteiger partial charge on any atom is 0.326 e. The van der Waals surface area contributed by atoms with E-state index in [-0.39, 0.29) is 38.2 Å². The van der Waals surface area contributed by atoms with Gasteiger partial charge >= 0.3 is 5.97 Å². The normalized spacial score (nSPS) is 15.8. The zero-order chi connectivity index (χ0) is 28.0. The van der Waals surface area contributed by atoms with Gasteiger partial charge in [0.2, 0.25) is 23.6 Å². The Balaban J connectivity index is 5.66. The van der Waals surface area contributed by atoms with E-state index < -0.39 is 65.8 Å². The third-order valence-electron chi connectivity index (χ3n) is 5.49. The van der Waals surface area contributed by atoms with E-state index in [1.54, 1.807) is 13.8 Å². The monoisotopic (exact) mass is 516 g/mol. The third-order valence-corrected chi connectivity index (χ3v) is 5.49. The molecule has 15 nitrogen and oxygen atoms in total. The standard InChI is InChI=1S/C21H40N8O7/c1-4-10(2)16(19(34)28-13(20(35)36)7-8-14(22)31)29-17(32)12(6-5-9-26-21(24)25)27-18(33)15(23)11(3)30/h10-13,15-16,30H,4-9,23H2,1-3H3,(H2,22,31)(H,27,33)(H,28,34)(H,29,32)(H,35,36)(H4,24,25,26). The maximum atomic E-state index is 13.1. The van der Waals surface area contributed by atoms with Crippen molar-refractivity contribution in [3.63, 3.8) is 0 Å². The molecule has 0 spiro atoms. The first-order chi connectivity index (χ1) is 16.7. The molecular formula is C21H40N8O7. The van der Waals surface area contributed by atoms with Crippen molar-refractivity contribution in [1.29, 1.82) is 0 Å². The van der Waals surface area contributed by atoms with Crippen LogP contribution in [-0.2, 0) is 24.0 Å². The summed E-state index contributed by atoms with van der Waals surface area (Å²) >= 11 is 0. The zero-order valence-electron chi connectivity index (χ0n) is 20.9. The molecule has 4 amide bonds. The third kappa shape index (κ3) is 12.3. The van der Waals surface area contributed by atoms with Gasteiger partial charge in [-0.05, 0) is 32.1 Å². The first-order valence-corrected chi connectivity index (χ1v) is 11.6. The van der Waals surface area contributed by atoms with Crippen molar-refractivity contribution in [2.75, 3.05) is 6.54 Å². The summed E-state index contributed by atoms with van der Waals surface area (Å²) in [4.78, 5) is 64.7. The Morgan fingerprint density at radius 3 is 1.94 bits per heavy atom. The summed E-state index contributed by atoms with van der Waals surface area (Å²) in [6.45, 7) is 4.94. The molecule has 0 rings (SSSR count). The Hall–Kier alpha value is -3.46. The van der Waals surface area contributed by atoms with Gasteiger partial charge in [-0.1, -0.05) is 20.3 Å². The minimum Gasteiger partial charge on any atom is -0.480 e. The molecule has 36 heavy (non-hydrogen) atoms. The van der Waals surface area contributed by atoms with Crippen LogP contribution in [0.1, 0.15) is 52.9 Å². The van der Waals surface area contributed by atoms with Crippen molar-refractivity contribution < 1.29 is 34.2 Å². The second-order valence-corrected chi connectivity index (χ2v) is 8.55. The molecule has 0 aromatic heterocycles. The van der Waals surface area contributed by atoms with Crippen LogP contribution in [0, 0.1) is 5.92 Å². The predicted molar refractivity (Wildman–Crippen MR) is 131 cm³/mol. The highest BCUT2D eigenvalue weighted by Gasteiger charge is 2.33. The summed E-state index contributed by atoms with van der Waals surface area (Å²) in [6, 6.07) is -5.00. The number of aliphatic hydroxyl groups is 1. The Morgan fingerprint density at radius 2 is 1.47 bits per heavy atom. The van der Waals surface area contributed by atoms with Gasteiger partial charge in [0.25, 0.3) is 0 Å². The molecule has 0 saturated heterocycles. The summed E-state index contributed by atoms with van der Waals surface area (Å²) in [5.74, 6) is -4.94. The van der Waals surface area contributed by atoms with Gasteiger partial charge < -0.3 is 49.1 Å². The van der Waals surface area contributed by atoms with Crippen LogP contribution in [0.3, 0.4) is 0 Å². The minimum atomic E-state index is -1.40. The summed E-state index contributed by atoms with van der Waals surface area (Å²) < 4.78 is 0. The van der Waals surface area contributed by atoms with Crippen LogP contribution >= 0.6 is 0 Å². The molecule has 0 fully saturated rings. The van der Waals surface area contributed by atoms with Gasteiger partial charge in [0.1, 0.15) is 24.2 Å². The van der Waals surface area contributed by atoms with E-state index in [1.807, 2.05) is 0 Å². The maximum absolute atomic E-state index is 13.1. The lowest BCUT2D eigenvalue weighted by Gasteiger charge is -2.28. The van der Waals surface area contributed by atoms with Gasteiger partial charge in [-0.3, -0.25) is 24.2 Å². The number of aliphatic imine (C=N–C) groups is 1. The number of carbonyl (C=O) groups excluding carboxylic acids is 4. The number of carboxylic acid groups (broad SMARTS) is 1. The molecule has 0 aromatic carbocycles. The summed E-state index contributed by atoms with van der Waals surface area (Å²) in [5.41, 5.74) is 21.3. The first kappa shape index (κ1) is 32.5. The van der Waals surface area contributed by atoms with E-state index in [2.05, 4.69) is 20.9 Å². The molecule has 0 aliphatic heterocycles. The SMILES string of the molecule is CCC(C)C(NC(=O)C(CCCN=C(N)N)NC(=O)C(N)C(C)O)C(=O)NC(CCC(N)=O)C(=O)O. The predicted octanol–water partition coefficient (Wildman–Crippen LogP) is -3.40. The van der Waals surface area contributed by atoms with E-state index >= 15 is 0 Å². The molecule has 0 aliphatic carbocycles. The summed E-state index contributed by atoms with van der Waals surface area (Å²) in [5, 5.41) is 26.3. The number of carboxylic acids is 1. The summed E-state index contributed by atoms with van der Waals surface area (Å²) in [6.07, 6.45) is -0.849. The number of aliphatic carboxylic acids is 1. The van der Waals surface area contributed by atoms with Crippen LogP contribution in [0.15, 0.2) is 4.99 Å². The summed E-state index contributed by atoms with van der Waals surface area (Å²) in [7, 11) is 0. The molecule has 6 unspecified atom stereocenters. The minimum absolute atomic E-state index is 0.0755. The number of carbonyl (C=O) groups is 5. The molecule has 6 atom stereocenters. The lowest BCUT2D eigenvalue weighted by atomic mass is 9.96. The Bertz CT molecular complexity index is 801. The van der Waals surface area contributed by atoms with Crippen LogP contribution in [-0.4, -0.2) is 82.6 Å². The van der Waals surface area contributed by atoms with Gasteiger partial charge in [-0.15, -0.1) is 0 Å². The van der Waals surface area contributed by atoms with Gasteiger partial charge in [-0.25, -0.2) is 4.79 Å². The molecule has 0 heterocycles.